The molecule has 0 aliphatic carbocycles. The van der Waals surface area contributed by atoms with Gasteiger partial charge in [-0.3, -0.25) is 0 Å². The summed E-state index contributed by atoms with van der Waals surface area (Å²) in [5.74, 6) is 2.60. The fourth-order valence-corrected chi connectivity index (χ4v) is 2.48. The van der Waals surface area contributed by atoms with Gasteiger partial charge in [-0.2, -0.15) is 4.98 Å². The highest BCUT2D eigenvalue weighted by Gasteiger charge is 2.23. The van der Waals surface area contributed by atoms with Crippen molar-refractivity contribution in [3.63, 3.8) is 0 Å². The van der Waals surface area contributed by atoms with Crippen molar-refractivity contribution >= 4 is 17.3 Å². The van der Waals surface area contributed by atoms with Gasteiger partial charge >= 0.3 is 0 Å². The SMILES string of the molecule is C[C@@H](Nc1ccc(Oc2ccccc2Cl)cc1)c1nc(C(C)(C)C)no1. The van der Waals surface area contributed by atoms with Gasteiger partial charge in [0.2, 0.25) is 5.89 Å². The molecule has 26 heavy (non-hydrogen) atoms. The topological polar surface area (TPSA) is 60.2 Å². The molecular formula is C20H22ClN3O2. The first-order valence-electron chi connectivity index (χ1n) is 8.46. The fraction of sp³-hybridized carbons (Fsp3) is 0.300. The highest BCUT2D eigenvalue weighted by atomic mass is 35.5. The third kappa shape index (κ3) is 4.35. The van der Waals surface area contributed by atoms with Gasteiger partial charge in [0.15, 0.2) is 5.82 Å². The molecule has 5 nitrogen and oxygen atoms in total. The summed E-state index contributed by atoms with van der Waals surface area (Å²) in [4.78, 5) is 4.48. The first kappa shape index (κ1) is 18.3. The van der Waals surface area contributed by atoms with Crippen molar-refractivity contribution in [2.45, 2.75) is 39.2 Å². The number of aromatic nitrogens is 2. The van der Waals surface area contributed by atoms with Crippen LogP contribution in [0.5, 0.6) is 11.5 Å². The normalized spacial score (nSPS) is 12.7. The number of halogens is 1. The fourth-order valence-electron chi connectivity index (χ4n) is 2.30. The summed E-state index contributed by atoms with van der Waals surface area (Å²) < 4.78 is 11.2. The van der Waals surface area contributed by atoms with Gasteiger partial charge in [0.05, 0.1) is 5.02 Å². The summed E-state index contributed by atoms with van der Waals surface area (Å²) in [5.41, 5.74) is 0.790. The molecule has 0 aliphatic heterocycles. The van der Waals surface area contributed by atoms with E-state index in [0.717, 1.165) is 5.69 Å². The zero-order valence-electron chi connectivity index (χ0n) is 15.3. The average molecular weight is 372 g/mol. The van der Waals surface area contributed by atoms with Crippen LogP contribution in [0.4, 0.5) is 5.69 Å². The summed E-state index contributed by atoms with van der Waals surface area (Å²) in [5, 5.41) is 7.99. The molecule has 1 N–H and O–H groups in total. The van der Waals surface area contributed by atoms with Crippen LogP contribution in [-0.2, 0) is 5.41 Å². The van der Waals surface area contributed by atoms with E-state index in [0.29, 0.717) is 28.2 Å². The van der Waals surface area contributed by atoms with Gasteiger partial charge in [-0.1, -0.05) is 49.7 Å². The molecule has 0 bridgehead atoms. The number of nitrogens with one attached hydrogen (secondary N) is 1. The van der Waals surface area contributed by atoms with Crippen molar-refractivity contribution in [2.24, 2.45) is 0 Å². The van der Waals surface area contributed by atoms with E-state index in [-0.39, 0.29) is 11.5 Å². The molecule has 0 radical (unpaired) electrons. The number of para-hydroxylation sites is 1. The lowest BCUT2D eigenvalue weighted by Crippen LogP contribution is -2.14. The van der Waals surface area contributed by atoms with Crippen LogP contribution < -0.4 is 10.1 Å². The van der Waals surface area contributed by atoms with E-state index < -0.39 is 0 Å². The summed E-state index contributed by atoms with van der Waals surface area (Å²) in [6.07, 6.45) is 0. The van der Waals surface area contributed by atoms with Gasteiger partial charge in [-0.15, -0.1) is 0 Å². The predicted molar refractivity (Wildman–Crippen MR) is 103 cm³/mol. The van der Waals surface area contributed by atoms with Crippen LogP contribution in [-0.4, -0.2) is 10.1 Å². The second kappa shape index (κ2) is 7.38. The summed E-state index contributed by atoms with van der Waals surface area (Å²) in [7, 11) is 0. The number of rotatable bonds is 5. The standard InChI is InChI=1S/C20H22ClN3O2/c1-13(18-23-19(24-26-18)20(2,3)4)22-14-9-11-15(12-10-14)25-17-8-6-5-7-16(17)21/h5-13,22H,1-4H3/t13-/m1/s1. The van der Waals surface area contributed by atoms with Crippen LogP contribution in [0.15, 0.2) is 53.1 Å². The molecule has 0 spiro atoms. The quantitative estimate of drug-likeness (QED) is 0.597. The van der Waals surface area contributed by atoms with E-state index in [9.17, 15) is 0 Å². The molecule has 3 aromatic rings. The number of anilines is 1. The largest absolute Gasteiger partial charge is 0.456 e. The van der Waals surface area contributed by atoms with Crippen molar-refractivity contribution in [3.05, 3.63) is 65.3 Å². The zero-order valence-corrected chi connectivity index (χ0v) is 16.0. The summed E-state index contributed by atoms with van der Waals surface area (Å²) >= 11 is 6.12. The third-order valence-electron chi connectivity index (χ3n) is 3.78. The van der Waals surface area contributed by atoms with Crippen LogP contribution in [0.25, 0.3) is 0 Å². The number of benzene rings is 2. The minimum absolute atomic E-state index is 0.103. The second-order valence-electron chi connectivity index (χ2n) is 7.13. The van der Waals surface area contributed by atoms with Crippen LogP contribution in [0.2, 0.25) is 5.02 Å². The monoisotopic (exact) mass is 371 g/mol. The molecule has 1 atom stereocenters. The van der Waals surface area contributed by atoms with Crippen LogP contribution >= 0.6 is 11.6 Å². The lowest BCUT2D eigenvalue weighted by atomic mass is 9.96. The van der Waals surface area contributed by atoms with Gasteiger partial charge in [0.1, 0.15) is 17.5 Å². The average Bonchev–Trinajstić information content (AvgIpc) is 3.09. The third-order valence-corrected chi connectivity index (χ3v) is 4.10. The number of ether oxygens (including phenoxy) is 1. The maximum absolute atomic E-state index is 6.12. The summed E-state index contributed by atoms with van der Waals surface area (Å²) in [6, 6.07) is 14.9. The Kier molecular flexibility index (Phi) is 5.18. The molecule has 0 aliphatic rings. The van der Waals surface area contributed by atoms with Gasteiger partial charge in [0.25, 0.3) is 0 Å². The highest BCUT2D eigenvalue weighted by Crippen LogP contribution is 2.30. The lowest BCUT2D eigenvalue weighted by Gasteiger charge is -2.13. The molecule has 0 fully saturated rings. The lowest BCUT2D eigenvalue weighted by molar-refractivity contribution is 0.354. The number of hydrogen-bond acceptors (Lipinski definition) is 5. The maximum Gasteiger partial charge on any atom is 0.248 e. The van der Waals surface area contributed by atoms with Crippen LogP contribution in [0.3, 0.4) is 0 Å². The van der Waals surface area contributed by atoms with Crippen molar-refractivity contribution in [1.82, 2.24) is 10.1 Å². The van der Waals surface area contributed by atoms with Crippen molar-refractivity contribution in [3.8, 4) is 11.5 Å². The Balaban J connectivity index is 1.65. The summed E-state index contributed by atoms with van der Waals surface area (Å²) in [6.45, 7) is 8.14. The van der Waals surface area contributed by atoms with Gasteiger partial charge in [0, 0.05) is 11.1 Å². The van der Waals surface area contributed by atoms with E-state index in [1.807, 2.05) is 49.4 Å². The predicted octanol–water partition coefficient (Wildman–Crippen LogP) is 5.99. The molecule has 3 rings (SSSR count). The Bertz CT molecular complexity index is 869. The molecule has 2 aromatic carbocycles. The van der Waals surface area contributed by atoms with E-state index in [4.69, 9.17) is 20.9 Å². The Morgan fingerprint density at radius 1 is 1.08 bits per heavy atom. The van der Waals surface area contributed by atoms with Crippen LogP contribution in [0, 0.1) is 0 Å². The Morgan fingerprint density at radius 2 is 1.77 bits per heavy atom. The molecule has 136 valence electrons. The molecule has 0 unspecified atom stereocenters. The van der Waals surface area contributed by atoms with Crippen molar-refractivity contribution in [1.29, 1.82) is 0 Å². The first-order chi connectivity index (χ1) is 12.3. The first-order valence-corrected chi connectivity index (χ1v) is 8.84. The smallest absolute Gasteiger partial charge is 0.248 e. The molecule has 1 aromatic heterocycles. The van der Waals surface area contributed by atoms with Gasteiger partial charge in [-0.05, 0) is 43.3 Å². The van der Waals surface area contributed by atoms with Crippen LogP contribution in [0.1, 0.15) is 45.5 Å². The minimum Gasteiger partial charge on any atom is -0.456 e. The van der Waals surface area contributed by atoms with E-state index in [1.54, 1.807) is 6.07 Å². The molecule has 6 heteroatoms. The highest BCUT2D eigenvalue weighted by molar-refractivity contribution is 6.32. The molecule has 0 amide bonds. The van der Waals surface area contributed by atoms with E-state index in [1.165, 1.54) is 0 Å². The van der Waals surface area contributed by atoms with Crippen molar-refractivity contribution < 1.29 is 9.26 Å². The maximum atomic E-state index is 6.12. The Hall–Kier alpha value is -2.53. The molecule has 0 saturated heterocycles. The van der Waals surface area contributed by atoms with Gasteiger partial charge in [-0.25, -0.2) is 0 Å². The van der Waals surface area contributed by atoms with E-state index in [2.05, 4.69) is 36.2 Å². The second-order valence-corrected chi connectivity index (χ2v) is 7.54. The Labute approximate surface area is 158 Å². The molecular weight excluding hydrogens is 350 g/mol. The number of nitrogens with zero attached hydrogens (tertiary/aromatic N) is 2. The minimum atomic E-state index is -0.140. The molecule has 1 heterocycles. The Morgan fingerprint density at radius 3 is 2.38 bits per heavy atom. The number of hydrogen-bond donors (Lipinski definition) is 1. The van der Waals surface area contributed by atoms with E-state index >= 15 is 0 Å². The molecule has 0 saturated carbocycles. The zero-order chi connectivity index (χ0) is 18.7. The van der Waals surface area contributed by atoms with Gasteiger partial charge < -0.3 is 14.6 Å². The van der Waals surface area contributed by atoms with Crippen molar-refractivity contribution in [2.75, 3.05) is 5.32 Å².